The molecule has 0 bridgehead atoms. The number of aryl methyl sites for hydroxylation is 2. The Labute approximate surface area is 144 Å². The van der Waals surface area contributed by atoms with Crippen LogP contribution in [0.4, 0.5) is 0 Å². The number of rotatable bonds is 4. The van der Waals surface area contributed by atoms with Gasteiger partial charge >= 0.3 is 0 Å². The van der Waals surface area contributed by atoms with E-state index in [2.05, 4.69) is 31.2 Å². The molecule has 5 nitrogen and oxygen atoms in total. The summed E-state index contributed by atoms with van der Waals surface area (Å²) in [6.07, 6.45) is 0. The molecular formula is C19H27N3O2. The first-order valence-electron chi connectivity index (χ1n) is 8.10. The van der Waals surface area contributed by atoms with Crippen LogP contribution in [0.5, 0.6) is 5.75 Å². The molecule has 0 fully saturated rings. The first-order chi connectivity index (χ1) is 11.2. The molecule has 1 N–H and O–H groups in total. The molecule has 1 atom stereocenters. The highest BCUT2D eigenvalue weighted by Gasteiger charge is 2.31. The van der Waals surface area contributed by atoms with Gasteiger partial charge in [-0.3, -0.25) is 9.48 Å². The lowest BCUT2D eigenvalue weighted by atomic mass is 9.81. The number of hydrogen-bond donors (Lipinski definition) is 1. The number of carbonyl (C=O) groups excluding carboxylic acids is 1. The van der Waals surface area contributed by atoms with Crippen LogP contribution in [-0.2, 0) is 7.05 Å². The van der Waals surface area contributed by atoms with Gasteiger partial charge in [0.25, 0.3) is 5.91 Å². The van der Waals surface area contributed by atoms with Gasteiger partial charge in [-0.15, -0.1) is 0 Å². The standard InChI is InChI=1S/C19H27N3O2/c1-12-16(13(2)22(6)21-12)18(23)20-17(19(3,4)5)14-10-8-9-11-15(14)24-7/h8-11,17H,1-7H3,(H,20,23)/t17-/m0/s1. The van der Waals surface area contributed by atoms with Crippen molar-refractivity contribution in [2.75, 3.05) is 7.11 Å². The Morgan fingerprint density at radius 2 is 1.88 bits per heavy atom. The second-order valence-corrected chi connectivity index (χ2v) is 7.18. The minimum atomic E-state index is -0.180. The van der Waals surface area contributed by atoms with E-state index < -0.39 is 0 Å². The van der Waals surface area contributed by atoms with E-state index in [0.717, 1.165) is 22.7 Å². The molecular weight excluding hydrogens is 302 g/mol. The summed E-state index contributed by atoms with van der Waals surface area (Å²) < 4.78 is 7.23. The number of carbonyl (C=O) groups is 1. The third-order valence-corrected chi connectivity index (χ3v) is 4.33. The number of hydrogen-bond acceptors (Lipinski definition) is 3. The maximum absolute atomic E-state index is 12.9. The number of amides is 1. The summed E-state index contributed by atoms with van der Waals surface area (Å²) in [6, 6.07) is 7.63. The number of methoxy groups -OCH3 is 1. The third-order valence-electron chi connectivity index (χ3n) is 4.33. The molecule has 24 heavy (non-hydrogen) atoms. The van der Waals surface area contributed by atoms with E-state index in [1.807, 2.05) is 45.2 Å². The molecule has 1 amide bonds. The molecule has 5 heteroatoms. The number of nitrogens with one attached hydrogen (secondary N) is 1. The molecule has 0 spiro atoms. The SMILES string of the molecule is COc1ccccc1[C@H](NC(=O)c1c(C)nn(C)c1C)C(C)(C)C. The van der Waals surface area contributed by atoms with Gasteiger partial charge in [0.05, 0.1) is 24.4 Å². The largest absolute Gasteiger partial charge is 0.496 e. The highest BCUT2D eigenvalue weighted by atomic mass is 16.5. The first-order valence-corrected chi connectivity index (χ1v) is 8.10. The number of ether oxygens (including phenoxy) is 1. The molecule has 0 radical (unpaired) electrons. The summed E-state index contributed by atoms with van der Waals surface area (Å²) in [6.45, 7) is 10.1. The van der Waals surface area contributed by atoms with Gasteiger partial charge in [-0.25, -0.2) is 0 Å². The molecule has 0 saturated heterocycles. The smallest absolute Gasteiger partial charge is 0.255 e. The molecule has 0 unspecified atom stereocenters. The summed E-state index contributed by atoms with van der Waals surface area (Å²) in [5.41, 5.74) is 3.04. The Bertz CT molecular complexity index is 742. The van der Waals surface area contributed by atoms with Crippen molar-refractivity contribution < 1.29 is 9.53 Å². The summed E-state index contributed by atoms with van der Waals surface area (Å²) in [4.78, 5) is 12.9. The molecule has 0 aliphatic carbocycles. The van der Waals surface area contributed by atoms with Crippen molar-refractivity contribution in [1.29, 1.82) is 0 Å². The molecule has 1 heterocycles. The van der Waals surface area contributed by atoms with Gasteiger partial charge in [-0.2, -0.15) is 5.10 Å². The van der Waals surface area contributed by atoms with E-state index >= 15 is 0 Å². The van der Waals surface area contributed by atoms with Crippen molar-refractivity contribution in [3.05, 3.63) is 46.8 Å². The van der Waals surface area contributed by atoms with Gasteiger partial charge < -0.3 is 10.1 Å². The molecule has 2 aromatic rings. The fourth-order valence-electron chi connectivity index (χ4n) is 2.97. The van der Waals surface area contributed by atoms with E-state index in [1.165, 1.54) is 0 Å². The monoisotopic (exact) mass is 329 g/mol. The second-order valence-electron chi connectivity index (χ2n) is 7.18. The zero-order chi connectivity index (χ0) is 18.1. The molecule has 1 aromatic heterocycles. The Morgan fingerprint density at radius 1 is 1.25 bits per heavy atom. The average Bonchev–Trinajstić information content (AvgIpc) is 2.76. The molecule has 1 aromatic carbocycles. The lowest BCUT2D eigenvalue weighted by molar-refractivity contribution is 0.0899. The van der Waals surface area contributed by atoms with Gasteiger partial charge in [0.15, 0.2) is 0 Å². The molecule has 0 aliphatic rings. The van der Waals surface area contributed by atoms with Crippen molar-refractivity contribution in [3.63, 3.8) is 0 Å². The second kappa shape index (κ2) is 6.67. The highest BCUT2D eigenvalue weighted by molar-refractivity contribution is 5.96. The lowest BCUT2D eigenvalue weighted by Crippen LogP contribution is -2.37. The number of benzene rings is 1. The Hall–Kier alpha value is -2.30. The fourth-order valence-corrected chi connectivity index (χ4v) is 2.97. The number of aromatic nitrogens is 2. The van der Waals surface area contributed by atoms with Gasteiger partial charge in [-0.1, -0.05) is 39.0 Å². The van der Waals surface area contributed by atoms with Crippen LogP contribution in [0.1, 0.15) is 54.1 Å². The molecule has 2 rings (SSSR count). The van der Waals surface area contributed by atoms with Crippen molar-refractivity contribution in [2.45, 2.75) is 40.7 Å². The maximum Gasteiger partial charge on any atom is 0.255 e. The third kappa shape index (κ3) is 3.45. The molecule has 0 aliphatic heterocycles. The van der Waals surface area contributed by atoms with E-state index in [1.54, 1.807) is 11.8 Å². The lowest BCUT2D eigenvalue weighted by Gasteiger charge is -2.33. The van der Waals surface area contributed by atoms with Gasteiger partial charge in [0.1, 0.15) is 5.75 Å². The van der Waals surface area contributed by atoms with E-state index in [0.29, 0.717) is 5.56 Å². The van der Waals surface area contributed by atoms with Gasteiger partial charge in [0, 0.05) is 18.3 Å². The summed E-state index contributed by atoms with van der Waals surface area (Å²) in [5.74, 6) is 0.668. The average molecular weight is 329 g/mol. The van der Waals surface area contributed by atoms with Crippen LogP contribution in [0.2, 0.25) is 0 Å². The van der Waals surface area contributed by atoms with E-state index in [-0.39, 0.29) is 17.4 Å². The van der Waals surface area contributed by atoms with Crippen LogP contribution in [0.3, 0.4) is 0 Å². The van der Waals surface area contributed by atoms with Gasteiger partial charge in [0.2, 0.25) is 0 Å². The first kappa shape index (κ1) is 18.0. The minimum absolute atomic E-state index is 0.107. The zero-order valence-corrected chi connectivity index (χ0v) is 15.6. The van der Waals surface area contributed by atoms with Crippen LogP contribution in [0, 0.1) is 19.3 Å². The number of nitrogens with zero attached hydrogens (tertiary/aromatic N) is 2. The van der Waals surface area contributed by atoms with E-state index in [9.17, 15) is 4.79 Å². The summed E-state index contributed by atoms with van der Waals surface area (Å²) in [7, 11) is 3.50. The van der Waals surface area contributed by atoms with Gasteiger partial charge in [-0.05, 0) is 25.3 Å². The topological polar surface area (TPSA) is 56.1 Å². The van der Waals surface area contributed by atoms with Crippen LogP contribution in [0.15, 0.2) is 24.3 Å². The van der Waals surface area contributed by atoms with Crippen LogP contribution < -0.4 is 10.1 Å². The van der Waals surface area contributed by atoms with Crippen molar-refractivity contribution in [2.24, 2.45) is 12.5 Å². The Morgan fingerprint density at radius 3 is 2.38 bits per heavy atom. The Kier molecular flexibility index (Phi) is 5.02. The predicted molar refractivity (Wildman–Crippen MR) is 95.3 cm³/mol. The number of para-hydroxylation sites is 1. The van der Waals surface area contributed by atoms with Crippen LogP contribution in [-0.4, -0.2) is 22.8 Å². The quantitative estimate of drug-likeness (QED) is 0.933. The van der Waals surface area contributed by atoms with Crippen molar-refractivity contribution >= 4 is 5.91 Å². The zero-order valence-electron chi connectivity index (χ0n) is 15.6. The van der Waals surface area contributed by atoms with Crippen molar-refractivity contribution in [3.8, 4) is 5.75 Å². The fraction of sp³-hybridized carbons (Fsp3) is 0.474. The minimum Gasteiger partial charge on any atom is -0.496 e. The normalized spacial score (nSPS) is 12.8. The molecule has 130 valence electrons. The Balaban J connectivity index is 2.42. The maximum atomic E-state index is 12.9. The van der Waals surface area contributed by atoms with Crippen molar-refractivity contribution in [1.82, 2.24) is 15.1 Å². The molecule has 0 saturated carbocycles. The predicted octanol–water partition coefficient (Wildman–Crippen LogP) is 3.56. The van der Waals surface area contributed by atoms with E-state index in [4.69, 9.17) is 4.74 Å². The van der Waals surface area contributed by atoms with Crippen LogP contribution in [0.25, 0.3) is 0 Å². The summed E-state index contributed by atoms with van der Waals surface area (Å²) >= 11 is 0. The van der Waals surface area contributed by atoms with Crippen LogP contribution >= 0.6 is 0 Å². The summed E-state index contributed by atoms with van der Waals surface area (Å²) in [5, 5.41) is 7.53. The highest BCUT2D eigenvalue weighted by Crippen LogP contribution is 2.37.